The van der Waals surface area contributed by atoms with Crippen molar-refractivity contribution < 1.29 is 19.0 Å². The zero-order valence-electron chi connectivity index (χ0n) is 12.5. The van der Waals surface area contributed by atoms with Gasteiger partial charge in [-0.25, -0.2) is 0 Å². The van der Waals surface area contributed by atoms with E-state index in [1.165, 1.54) is 5.57 Å². The van der Waals surface area contributed by atoms with Crippen molar-refractivity contribution in [1.82, 2.24) is 0 Å². The van der Waals surface area contributed by atoms with Crippen LogP contribution in [0.1, 0.15) is 27.2 Å². The molecule has 0 aromatic carbocycles. The summed E-state index contributed by atoms with van der Waals surface area (Å²) in [5.74, 6) is -0.0515. The van der Waals surface area contributed by atoms with E-state index in [0.29, 0.717) is 6.61 Å². The topological polar surface area (TPSA) is 51.4 Å². The molecule has 1 spiro atoms. The Morgan fingerprint density at radius 1 is 1.55 bits per heavy atom. The molecule has 0 N–H and O–H groups in total. The minimum absolute atomic E-state index is 0.0105. The van der Waals surface area contributed by atoms with E-state index in [1.807, 2.05) is 6.08 Å². The zero-order chi connectivity index (χ0) is 14.5. The molecule has 2 saturated heterocycles. The lowest BCUT2D eigenvalue weighted by molar-refractivity contribution is -0.132. The molecule has 3 rings (SSSR count). The van der Waals surface area contributed by atoms with Crippen LogP contribution in [0.4, 0.5) is 0 Å². The first-order valence-corrected chi connectivity index (χ1v) is 7.14. The van der Waals surface area contributed by atoms with Crippen LogP contribution in [0, 0.1) is 5.92 Å². The van der Waals surface area contributed by atoms with Crippen molar-refractivity contribution >= 4 is 5.78 Å². The van der Waals surface area contributed by atoms with Crippen LogP contribution in [0.15, 0.2) is 23.8 Å². The minimum Gasteiger partial charge on any atom is -0.373 e. The lowest BCUT2D eigenvalue weighted by atomic mass is 9.72. The van der Waals surface area contributed by atoms with Crippen LogP contribution >= 0.6 is 0 Å². The first-order valence-electron chi connectivity index (χ1n) is 7.14. The summed E-state index contributed by atoms with van der Waals surface area (Å²) in [6.45, 7) is 6.88. The van der Waals surface area contributed by atoms with E-state index in [0.717, 1.165) is 6.42 Å². The van der Waals surface area contributed by atoms with Gasteiger partial charge in [0, 0.05) is 7.11 Å². The molecule has 0 amide bonds. The SMILES string of the molecule is CO[C@@H]1C(=O)C=C[C@]2(CO2)C1C1(C)O[C@@H]1CC=C(C)C. The summed E-state index contributed by atoms with van der Waals surface area (Å²) in [7, 11) is 1.58. The predicted octanol–water partition coefficient (Wildman–Crippen LogP) is 2.04. The zero-order valence-corrected chi connectivity index (χ0v) is 12.5. The molecule has 0 aromatic rings. The Labute approximate surface area is 119 Å². The number of hydrogen-bond acceptors (Lipinski definition) is 4. The molecule has 0 bridgehead atoms. The van der Waals surface area contributed by atoms with Gasteiger partial charge in [-0.05, 0) is 39.3 Å². The number of carbonyl (C=O) groups excluding carboxylic acids is 1. The van der Waals surface area contributed by atoms with Gasteiger partial charge in [0.1, 0.15) is 17.3 Å². The Morgan fingerprint density at radius 3 is 2.80 bits per heavy atom. The largest absolute Gasteiger partial charge is 0.373 e. The molecule has 20 heavy (non-hydrogen) atoms. The van der Waals surface area contributed by atoms with Gasteiger partial charge in [-0.15, -0.1) is 0 Å². The van der Waals surface area contributed by atoms with Crippen molar-refractivity contribution in [2.75, 3.05) is 13.7 Å². The maximum atomic E-state index is 12.1. The summed E-state index contributed by atoms with van der Waals surface area (Å²) in [5, 5.41) is 0. The molecule has 1 aliphatic carbocycles. The molecule has 0 aromatic heterocycles. The highest BCUT2D eigenvalue weighted by molar-refractivity contribution is 5.95. The molecule has 2 fully saturated rings. The molecular weight excluding hydrogens is 256 g/mol. The molecule has 0 radical (unpaired) electrons. The fraction of sp³-hybridized carbons (Fsp3) is 0.688. The van der Waals surface area contributed by atoms with E-state index in [1.54, 1.807) is 13.2 Å². The monoisotopic (exact) mass is 278 g/mol. The highest BCUT2D eigenvalue weighted by Crippen LogP contribution is 2.57. The van der Waals surface area contributed by atoms with Crippen molar-refractivity contribution in [2.45, 2.75) is 50.6 Å². The van der Waals surface area contributed by atoms with Crippen LogP contribution in [0.5, 0.6) is 0 Å². The Balaban J connectivity index is 1.83. The second kappa shape index (κ2) is 4.52. The second-order valence-corrected chi connectivity index (χ2v) is 6.42. The first kappa shape index (κ1) is 14.0. The van der Waals surface area contributed by atoms with Crippen LogP contribution in [0.3, 0.4) is 0 Å². The van der Waals surface area contributed by atoms with Crippen LogP contribution < -0.4 is 0 Å². The molecule has 110 valence electrons. The quantitative estimate of drug-likeness (QED) is 0.583. The molecule has 2 heterocycles. The van der Waals surface area contributed by atoms with E-state index in [9.17, 15) is 4.79 Å². The molecule has 0 saturated carbocycles. The summed E-state index contributed by atoms with van der Waals surface area (Å²) < 4.78 is 17.1. The van der Waals surface area contributed by atoms with Crippen LogP contribution in [0.25, 0.3) is 0 Å². The first-order chi connectivity index (χ1) is 9.43. The third kappa shape index (κ3) is 2.07. The Bertz CT molecular complexity index is 485. The minimum atomic E-state index is -0.468. The van der Waals surface area contributed by atoms with Gasteiger partial charge < -0.3 is 14.2 Å². The molecule has 3 aliphatic rings. The number of ketones is 1. The normalized spacial score (nSPS) is 45.6. The molecule has 4 nitrogen and oxygen atoms in total. The molecule has 5 atom stereocenters. The van der Waals surface area contributed by atoms with Crippen LogP contribution in [-0.2, 0) is 19.0 Å². The number of carbonyl (C=O) groups is 1. The van der Waals surface area contributed by atoms with Crippen molar-refractivity contribution in [3.05, 3.63) is 23.8 Å². The molecule has 2 unspecified atom stereocenters. The van der Waals surface area contributed by atoms with Crippen LogP contribution in [0.2, 0.25) is 0 Å². The number of hydrogen-bond donors (Lipinski definition) is 0. The van der Waals surface area contributed by atoms with E-state index in [-0.39, 0.29) is 29.0 Å². The fourth-order valence-corrected chi connectivity index (χ4v) is 3.41. The van der Waals surface area contributed by atoms with Crippen molar-refractivity contribution in [3.63, 3.8) is 0 Å². The van der Waals surface area contributed by atoms with E-state index in [2.05, 4.69) is 26.8 Å². The molecule has 4 heteroatoms. The van der Waals surface area contributed by atoms with E-state index in [4.69, 9.17) is 14.2 Å². The molecule has 2 aliphatic heterocycles. The maximum Gasteiger partial charge on any atom is 0.184 e. The smallest absolute Gasteiger partial charge is 0.184 e. The van der Waals surface area contributed by atoms with E-state index >= 15 is 0 Å². The van der Waals surface area contributed by atoms with Gasteiger partial charge in [-0.2, -0.15) is 0 Å². The number of epoxide rings is 2. The third-order valence-electron chi connectivity index (χ3n) is 4.71. The standard InChI is InChI=1S/C16H22O4/c1-10(2)5-6-12-15(3,20-12)14-13(18-4)11(17)7-8-16(14)9-19-16/h5,7-8,12-14H,6,9H2,1-4H3/t12-,13-,14?,15?,16+/m1/s1. The second-order valence-electron chi connectivity index (χ2n) is 6.42. The molecular formula is C16H22O4. The van der Waals surface area contributed by atoms with Crippen molar-refractivity contribution in [3.8, 4) is 0 Å². The summed E-state index contributed by atoms with van der Waals surface area (Å²) in [6, 6.07) is 0. The third-order valence-corrected chi connectivity index (χ3v) is 4.71. The average molecular weight is 278 g/mol. The Kier molecular flexibility index (Phi) is 3.16. The van der Waals surface area contributed by atoms with Gasteiger partial charge >= 0.3 is 0 Å². The number of methoxy groups -OCH3 is 1. The van der Waals surface area contributed by atoms with Gasteiger partial charge in [-0.1, -0.05) is 11.6 Å². The highest BCUT2D eigenvalue weighted by Gasteiger charge is 2.70. The van der Waals surface area contributed by atoms with Gasteiger partial charge in [0.15, 0.2) is 5.78 Å². The fourth-order valence-electron chi connectivity index (χ4n) is 3.41. The lowest BCUT2D eigenvalue weighted by Crippen LogP contribution is -2.50. The van der Waals surface area contributed by atoms with Gasteiger partial charge in [0.05, 0.1) is 18.6 Å². The van der Waals surface area contributed by atoms with Gasteiger partial charge in [-0.3, -0.25) is 4.79 Å². The Hall–Kier alpha value is -0.970. The van der Waals surface area contributed by atoms with Gasteiger partial charge in [0.2, 0.25) is 0 Å². The highest BCUT2D eigenvalue weighted by atomic mass is 16.6. The van der Waals surface area contributed by atoms with Crippen LogP contribution in [-0.4, -0.2) is 42.9 Å². The van der Waals surface area contributed by atoms with Crippen molar-refractivity contribution in [1.29, 1.82) is 0 Å². The maximum absolute atomic E-state index is 12.1. The van der Waals surface area contributed by atoms with Crippen molar-refractivity contribution in [2.24, 2.45) is 5.92 Å². The number of rotatable bonds is 4. The average Bonchev–Trinajstić information content (AvgIpc) is 3.29. The Morgan fingerprint density at radius 2 is 2.25 bits per heavy atom. The summed E-state index contributed by atoms with van der Waals surface area (Å²) in [5.41, 5.74) is 0.579. The predicted molar refractivity (Wildman–Crippen MR) is 74.4 cm³/mol. The lowest BCUT2D eigenvalue weighted by Gasteiger charge is -2.34. The van der Waals surface area contributed by atoms with E-state index < -0.39 is 6.10 Å². The number of ether oxygens (including phenoxy) is 3. The summed E-state index contributed by atoms with van der Waals surface area (Å²) in [4.78, 5) is 12.1. The van der Waals surface area contributed by atoms with Gasteiger partial charge in [0.25, 0.3) is 0 Å². The summed E-state index contributed by atoms with van der Waals surface area (Å²) in [6.07, 6.45) is 6.21. The number of allylic oxidation sites excluding steroid dienone is 1. The summed E-state index contributed by atoms with van der Waals surface area (Å²) >= 11 is 0.